The van der Waals surface area contributed by atoms with Crippen LogP contribution in [0.3, 0.4) is 0 Å². The summed E-state index contributed by atoms with van der Waals surface area (Å²) < 4.78 is 0. The van der Waals surface area contributed by atoms with Crippen molar-refractivity contribution in [3.05, 3.63) is 71.8 Å². The molecule has 118 valence electrons. The highest BCUT2D eigenvalue weighted by Gasteiger charge is 2.40. The zero-order chi connectivity index (χ0) is 16.4. The molecule has 2 rings (SSSR count). The summed E-state index contributed by atoms with van der Waals surface area (Å²) in [4.78, 5) is 0. The molecule has 2 aromatic rings. The second kappa shape index (κ2) is 6.28. The maximum atomic E-state index is 2.37. The summed E-state index contributed by atoms with van der Waals surface area (Å²) in [5.41, 5.74) is 3.29. The summed E-state index contributed by atoms with van der Waals surface area (Å²) in [6.45, 7) is 14.2. The molecule has 0 N–H and O–H groups in total. The first kappa shape index (κ1) is 16.8. The molecular formula is C22H30. The van der Waals surface area contributed by atoms with Crippen molar-refractivity contribution in [2.45, 2.75) is 53.4 Å². The van der Waals surface area contributed by atoms with Gasteiger partial charge in [0.05, 0.1) is 0 Å². The molecule has 0 fully saturated rings. The van der Waals surface area contributed by atoms with Crippen LogP contribution in [-0.4, -0.2) is 0 Å². The van der Waals surface area contributed by atoms with Gasteiger partial charge < -0.3 is 0 Å². The van der Waals surface area contributed by atoms with Gasteiger partial charge in [-0.05, 0) is 33.8 Å². The molecule has 0 saturated carbocycles. The van der Waals surface area contributed by atoms with Crippen molar-refractivity contribution < 1.29 is 0 Å². The Morgan fingerprint density at radius 3 is 1.00 bits per heavy atom. The molecule has 0 aliphatic rings. The zero-order valence-electron chi connectivity index (χ0n) is 14.9. The fourth-order valence-corrected chi connectivity index (χ4v) is 3.71. The lowest BCUT2D eigenvalue weighted by molar-refractivity contribution is 0.186. The fourth-order valence-electron chi connectivity index (χ4n) is 3.71. The maximum Gasteiger partial charge on any atom is -0.00394 e. The average molecular weight is 294 g/mol. The number of hydrogen-bond donors (Lipinski definition) is 0. The van der Waals surface area contributed by atoms with Gasteiger partial charge in [0.25, 0.3) is 0 Å². The molecule has 0 amide bonds. The number of hydrogen-bond acceptors (Lipinski definition) is 0. The highest BCUT2D eigenvalue weighted by atomic mass is 14.4. The van der Waals surface area contributed by atoms with E-state index in [0.717, 1.165) is 0 Å². The molecule has 2 atom stereocenters. The van der Waals surface area contributed by atoms with Gasteiger partial charge in [-0.1, -0.05) is 102 Å². The van der Waals surface area contributed by atoms with Crippen molar-refractivity contribution in [2.75, 3.05) is 0 Å². The van der Waals surface area contributed by atoms with Crippen LogP contribution < -0.4 is 0 Å². The molecule has 0 aromatic heterocycles. The van der Waals surface area contributed by atoms with E-state index in [1.54, 1.807) is 0 Å². The third kappa shape index (κ3) is 3.80. The summed E-state index contributed by atoms with van der Waals surface area (Å²) in [5, 5.41) is 0. The lowest BCUT2D eigenvalue weighted by atomic mass is 9.60. The lowest BCUT2D eigenvalue weighted by Crippen LogP contribution is -2.32. The summed E-state index contributed by atoms with van der Waals surface area (Å²) in [7, 11) is 0. The van der Waals surface area contributed by atoms with Gasteiger partial charge in [0.15, 0.2) is 0 Å². The summed E-state index contributed by atoms with van der Waals surface area (Å²) in [5.74, 6) is 0.965. The summed E-state index contributed by atoms with van der Waals surface area (Å²) in [6, 6.07) is 22.0. The molecule has 0 unspecified atom stereocenters. The molecule has 0 saturated heterocycles. The first-order valence-electron chi connectivity index (χ1n) is 8.31. The van der Waals surface area contributed by atoms with Crippen LogP contribution in [0.1, 0.15) is 64.5 Å². The van der Waals surface area contributed by atoms with Gasteiger partial charge in [-0.25, -0.2) is 0 Å². The van der Waals surface area contributed by atoms with Crippen molar-refractivity contribution in [3.63, 3.8) is 0 Å². The average Bonchev–Trinajstić information content (AvgIpc) is 2.44. The van der Waals surface area contributed by atoms with E-state index in [-0.39, 0.29) is 10.8 Å². The van der Waals surface area contributed by atoms with Crippen molar-refractivity contribution in [1.29, 1.82) is 0 Å². The summed E-state index contributed by atoms with van der Waals surface area (Å²) in [6.07, 6.45) is 0. The van der Waals surface area contributed by atoms with Crippen molar-refractivity contribution in [2.24, 2.45) is 10.8 Å². The summed E-state index contributed by atoms with van der Waals surface area (Å²) >= 11 is 0. The zero-order valence-corrected chi connectivity index (χ0v) is 14.9. The Morgan fingerprint density at radius 1 is 0.500 bits per heavy atom. The van der Waals surface area contributed by atoms with Gasteiger partial charge >= 0.3 is 0 Å². The van der Waals surface area contributed by atoms with E-state index in [9.17, 15) is 0 Å². The predicted octanol–water partition coefficient (Wildman–Crippen LogP) is 6.65. The normalized spacial score (nSPS) is 15.4. The van der Waals surface area contributed by atoms with E-state index in [4.69, 9.17) is 0 Å². The smallest absolute Gasteiger partial charge is 0.00394 e. The van der Waals surface area contributed by atoms with E-state index in [2.05, 4.69) is 102 Å². The van der Waals surface area contributed by atoms with Crippen LogP contribution in [-0.2, 0) is 0 Å². The molecular weight excluding hydrogens is 264 g/mol. The van der Waals surface area contributed by atoms with Gasteiger partial charge in [-0.15, -0.1) is 0 Å². The first-order chi connectivity index (χ1) is 10.2. The van der Waals surface area contributed by atoms with Gasteiger partial charge in [0.1, 0.15) is 0 Å². The molecule has 0 aliphatic carbocycles. The van der Waals surface area contributed by atoms with E-state index in [1.165, 1.54) is 11.1 Å². The Kier molecular flexibility index (Phi) is 4.80. The van der Waals surface area contributed by atoms with Crippen LogP contribution in [0.25, 0.3) is 0 Å². The molecule has 0 nitrogen and oxygen atoms in total. The van der Waals surface area contributed by atoms with E-state index < -0.39 is 0 Å². The minimum atomic E-state index is 0.204. The van der Waals surface area contributed by atoms with Crippen LogP contribution in [0, 0.1) is 10.8 Å². The highest BCUT2D eigenvalue weighted by molar-refractivity contribution is 5.32. The Bertz CT molecular complexity index is 511. The molecule has 2 aromatic carbocycles. The molecule has 0 heterocycles. The molecule has 22 heavy (non-hydrogen) atoms. The lowest BCUT2D eigenvalue weighted by Gasteiger charge is -2.44. The molecule has 0 aliphatic heterocycles. The Hall–Kier alpha value is -1.56. The van der Waals surface area contributed by atoms with Crippen LogP contribution in [0.5, 0.6) is 0 Å². The largest absolute Gasteiger partial charge is 0.0622 e. The number of rotatable bonds is 3. The fraction of sp³-hybridized carbons (Fsp3) is 0.455. The van der Waals surface area contributed by atoms with Crippen molar-refractivity contribution >= 4 is 0 Å². The third-order valence-corrected chi connectivity index (χ3v) is 4.52. The van der Waals surface area contributed by atoms with Crippen molar-refractivity contribution in [3.8, 4) is 0 Å². The Balaban J connectivity index is 2.60. The first-order valence-corrected chi connectivity index (χ1v) is 8.31. The molecule has 0 bridgehead atoms. The highest BCUT2D eigenvalue weighted by Crippen LogP contribution is 2.52. The van der Waals surface area contributed by atoms with Crippen LogP contribution in [0.4, 0.5) is 0 Å². The van der Waals surface area contributed by atoms with E-state index >= 15 is 0 Å². The van der Waals surface area contributed by atoms with Crippen LogP contribution in [0.2, 0.25) is 0 Å². The molecule has 0 radical (unpaired) electrons. The SMILES string of the molecule is CC(C)(C)[C@H](c1ccccc1)[C@H](c1ccccc1)C(C)(C)C. The molecule has 0 spiro atoms. The van der Waals surface area contributed by atoms with E-state index in [0.29, 0.717) is 11.8 Å². The Morgan fingerprint density at radius 2 is 0.773 bits per heavy atom. The third-order valence-electron chi connectivity index (χ3n) is 4.52. The van der Waals surface area contributed by atoms with Crippen molar-refractivity contribution in [1.82, 2.24) is 0 Å². The van der Waals surface area contributed by atoms with E-state index in [1.807, 2.05) is 0 Å². The van der Waals surface area contributed by atoms with Gasteiger partial charge in [0.2, 0.25) is 0 Å². The van der Waals surface area contributed by atoms with Crippen LogP contribution in [0.15, 0.2) is 60.7 Å². The minimum Gasteiger partial charge on any atom is -0.0622 e. The van der Waals surface area contributed by atoms with Gasteiger partial charge in [-0.3, -0.25) is 0 Å². The quantitative estimate of drug-likeness (QED) is 0.594. The van der Waals surface area contributed by atoms with Gasteiger partial charge in [-0.2, -0.15) is 0 Å². The Labute approximate surface area is 136 Å². The minimum absolute atomic E-state index is 0.204. The van der Waals surface area contributed by atoms with Crippen LogP contribution >= 0.6 is 0 Å². The maximum absolute atomic E-state index is 2.37. The standard InChI is InChI=1S/C22H30/c1-21(2,3)19(17-13-9-7-10-14-17)20(22(4,5)6)18-15-11-8-12-16-18/h7-16,19-20H,1-6H3/t19-,20+. The second-order valence-electron chi connectivity index (χ2n) is 8.51. The molecule has 0 heteroatoms. The topological polar surface area (TPSA) is 0 Å². The van der Waals surface area contributed by atoms with Gasteiger partial charge in [0, 0.05) is 0 Å². The number of benzene rings is 2. The second-order valence-corrected chi connectivity index (χ2v) is 8.51. The monoisotopic (exact) mass is 294 g/mol. The predicted molar refractivity (Wildman–Crippen MR) is 97.3 cm³/mol.